The molecule has 152 valence electrons. The second-order valence-corrected chi connectivity index (χ2v) is 8.25. The molecular formula is C21H21NO6S. The van der Waals surface area contributed by atoms with Crippen LogP contribution in [0.5, 0.6) is 0 Å². The van der Waals surface area contributed by atoms with Gasteiger partial charge in [0.2, 0.25) is 10.0 Å². The summed E-state index contributed by atoms with van der Waals surface area (Å²) in [7, 11) is -3.55. The van der Waals surface area contributed by atoms with Crippen LogP contribution in [0, 0.1) is 0 Å². The number of Topliss-reactive ketones (excluding diaryl/α,β-unsaturated/α-hetero) is 1. The summed E-state index contributed by atoms with van der Waals surface area (Å²) in [6, 6.07) is 14.8. The highest BCUT2D eigenvalue weighted by Crippen LogP contribution is 2.18. The summed E-state index contributed by atoms with van der Waals surface area (Å²) < 4.78 is 36.7. The van der Waals surface area contributed by atoms with Gasteiger partial charge in [0.15, 0.2) is 12.4 Å². The Morgan fingerprint density at radius 2 is 1.66 bits per heavy atom. The third-order valence-corrected chi connectivity index (χ3v) is 6.25. The largest absolute Gasteiger partial charge is 0.454 e. The molecule has 8 heteroatoms. The fourth-order valence-electron chi connectivity index (χ4n) is 2.74. The third-order valence-electron chi connectivity index (χ3n) is 4.34. The molecule has 1 aliphatic rings. The maximum Gasteiger partial charge on any atom is 0.331 e. The van der Waals surface area contributed by atoms with Crippen LogP contribution in [-0.2, 0) is 24.3 Å². The van der Waals surface area contributed by atoms with Crippen molar-refractivity contribution in [1.82, 2.24) is 4.31 Å². The van der Waals surface area contributed by atoms with Crippen LogP contribution < -0.4 is 0 Å². The first-order chi connectivity index (χ1) is 14.0. The number of hydrogen-bond acceptors (Lipinski definition) is 6. The van der Waals surface area contributed by atoms with Crippen LogP contribution in [0.15, 0.2) is 65.6 Å². The van der Waals surface area contributed by atoms with E-state index in [-0.39, 0.29) is 17.3 Å². The van der Waals surface area contributed by atoms with Gasteiger partial charge in [0.1, 0.15) is 0 Å². The molecular weight excluding hydrogens is 394 g/mol. The lowest BCUT2D eigenvalue weighted by molar-refractivity contribution is -0.136. The van der Waals surface area contributed by atoms with Gasteiger partial charge in [0.25, 0.3) is 0 Å². The number of nitrogens with zero attached hydrogens (tertiary/aromatic N) is 1. The molecule has 2 aromatic rings. The number of morpholine rings is 1. The number of benzene rings is 2. The maximum atomic E-state index is 12.6. The predicted octanol–water partition coefficient (Wildman–Crippen LogP) is 2.15. The van der Waals surface area contributed by atoms with E-state index in [9.17, 15) is 18.0 Å². The molecule has 29 heavy (non-hydrogen) atoms. The Morgan fingerprint density at radius 3 is 2.31 bits per heavy atom. The van der Waals surface area contributed by atoms with E-state index in [0.717, 1.165) is 0 Å². The molecule has 0 N–H and O–H groups in total. The summed E-state index contributed by atoms with van der Waals surface area (Å²) in [6.45, 7) is 1.09. The minimum atomic E-state index is -3.55. The van der Waals surface area contributed by atoms with E-state index >= 15 is 0 Å². The first-order valence-corrected chi connectivity index (χ1v) is 10.5. The van der Waals surface area contributed by atoms with Crippen molar-refractivity contribution < 1.29 is 27.5 Å². The number of esters is 1. The molecule has 3 rings (SSSR count). The van der Waals surface area contributed by atoms with E-state index in [2.05, 4.69) is 0 Å². The molecule has 1 fully saturated rings. The average molecular weight is 415 g/mol. The Morgan fingerprint density at radius 1 is 1.00 bits per heavy atom. The van der Waals surface area contributed by atoms with Crippen LogP contribution >= 0.6 is 0 Å². The molecule has 1 saturated heterocycles. The molecule has 0 aromatic heterocycles. The number of carbonyl (C=O) groups is 2. The van der Waals surface area contributed by atoms with Gasteiger partial charge in [0.05, 0.1) is 18.1 Å². The quantitative estimate of drug-likeness (QED) is 0.391. The van der Waals surface area contributed by atoms with Crippen LogP contribution in [0.4, 0.5) is 0 Å². The van der Waals surface area contributed by atoms with Gasteiger partial charge < -0.3 is 9.47 Å². The molecule has 0 radical (unpaired) electrons. The highest BCUT2D eigenvalue weighted by atomic mass is 32.2. The summed E-state index contributed by atoms with van der Waals surface area (Å²) in [5.74, 6) is -0.940. The summed E-state index contributed by atoms with van der Waals surface area (Å²) in [5.41, 5.74) is 1.11. The minimum absolute atomic E-state index is 0.188. The van der Waals surface area contributed by atoms with Crippen molar-refractivity contribution in [2.45, 2.75) is 4.90 Å². The molecule has 2 aromatic carbocycles. The van der Waals surface area contributed by atoms with Crippen LogP contribution in [0.1, 0.15) is 15.9 Å². The molecule has 0 spiro atoms. The Bertz CT molecular complexity index is 978. The van der Waals surface area contributed by atoms with Crippen molar-refractivity contribution in [2.24, 2.45) is 0 Å². The van der Waals surface area contributed by atoms with Crippen LogP contribution in [0.3, 0.4) is 0 Å². The fraction of sp³-hybridized carbons (Fsp3) is 0.238. The second kappa shape index (κ2) is 9.60. The molecule has 7 nitrogen and oxygen atoms in total. The first kappa shape index (κ1) is 20.9. The number of ether oxygens (including phenoxy) is 2. The van der Waals surface area contributed by atoms with E-state index in [0.29, 0.717) is 37.4 Å². The van der Waals surface area contributed by atoms with Crippen molar-refractivity contribution in [1.29, 1.82) is 0 Å². The lowest BCUT2D eigenvalue weighted by Crippen LogP contribution is -2.40. The van der Waals surface area contributed by atoms with Crippen molar-refractivity contribution in [3.63, 3.8) is 0 Å². The van der Waals surface area contributed by atoms with Gasteiger partial charge in [0, 0.05) is 24.7 Å². The number of ketones is 1. The van der Waals surface area contributed by atoms with E-state index < -0.39 is 16.0 Å². The van der Waals surface area contributed by atoms with Gasteiger partial charge in [-0.25, -0.2) is 13.2 Å². The lowest BCUT2D eigenvalue weighted by atomic mass is 10.1. The summed E-state index contributed by atoms with van der Waals surface area (Å²) in [5, 5.41) is 0. The fourth-order valence-corrected chi connectivity index (χ4v) is 4.15. The van der Waals surface area contributed by atoms with Crippen LogP contribution in [0.2, 0.25) is 0 Å². The van der Waals surface area contributed by atoms with Crippen LogP contribution in [0.25, 0.3) is 6.08 Å². The van der Waals surface area contributed by atoms with E-state index in [1.165, 1.54) is 28.6 Å². The average Bonchev–Trinajstić information content (AvgIpc) is 2.77. The minimum Gasteiger partial charge on any atom is -0.454 e. The first-order valence-electron chi connectivity index (χ1n) is 9.08. The molecule has 1 heterocycles. The monoisotopic (exact) mass is 415 g/mol. The van der Waals surface area contributed by atoms with Gasteiger partial charge >= 0.3 is 5.97 Å². The predicted molar refractivity (Wildman–Crippen MR) is 107 cm³/mol. The Balaban J connectivity index is 1.55. The zero-order chi connectivity index (χ0) is 20.7. The van der Waals surface area contributed by atoms with Crippen molar-refractivity contribution in [2.75, 3.05) is 32.9 Å². The molecule has 1 aliphatic heterocycles. The lowest BCUT2D eigenvalue weighted by Gasteiger charge is -2.26. The smallest absolute Gasteiger partial charge is 0.331 e. The van der Waals surface area contributed by atoms with Gasteiger partial charge in [-0.3, -0.25) is 4.79 Å². The molecule has 0 unspecified atom stereocenters. The topological polar surface area (TPSA) is 90.0 Å². The van der Waals surface area contributed by atoms with Crippen LogP contribution in [-0.4, -0.2) is 57.4 Å². The number of rotatable bonds is 7. The summed E-state index contributed by atoms with van der Waals surface area (Å²) in [6.07, 6.45) is 2.70. The number of hydrogen-bond donors (Lipinski definition) is 0. The highest BCUT2D eigenvalue weighted by Gasteiger charge is 2.25. The maximum absolute atomic E-state index is 12.6. The summed E-state index contributed by atoms with van der Waals surface area (Å²) >= 11 is 0. The van der Waals surface area contributed by atoms with Crippen molar-refractivity contribution in [3.8, 4) is 0 Å². The second-order valence-electron chi connectivity index (χ2n) is 6.32. The van der Waals surface area contributed by atoms with E-state index in [4.69, 9.17) is 9.47 Å². The van der Waals surface area contributed by atoms with Gasteiger partial charge in [-0.15, -0.1) is 0 Å². The van der Waals surface area contributed by atoms with E-state index in [1.807, 2.05) is 0 Å². The Labute approximate surface area is 169 Å². The zero-order valence-electron chi connectivity index (χ0n) is 15.7. The van der Waals surface area contributed by atoms with Crippen molar-refractivity contribution in [3.05, 3.63) is 71.8 Å². The summed E-state index contributed by atoms with van der Waals surface area (Å²) in [4.78, 5) is 23.9. The standard InChI is InChI=1S/C21H21NO6S/c23-20(18-4-2-1-3-5-18)16-28-21(24)11-8-17-6-9-19(10-7-17)29(25,26)22-12-14-27-15-13-22/h1-11H,12-16H2/b11-8+. The number of carbonyl (C=O) groups excluding carboxylic acids is 2. The van der Waals surface area contributed by atoms with Gasteiger partial charge in [-0.1, -0.05) is 42.5 Å². The molecule has 0 bridgehead atoms. The van der Waals surface area contributed by atoms with Gasteiger partial charge in [-0.2, -0.15) is 4.31 Å². The Hall–Kier alpha value is -2.81. The van der Waals surface area contributed by atoms with Crippen molar-refractivity contribution >= 4 is 27.9 Å². The Kier molecular flexibility index (Phi) is 6.92. The van der Waals surface area contributed by atoms with E-state index in [1.54, 1.807) is 42.5 Å². The molecule has 0 saturated carbocycles. The molecule has 0 atom stereocenters. The SMILES string of the molecule is O=C(/C=C/c1ccc(S(=O)(=O)N2CCOCC2)cc1)OCC(=O)c1ccccc1. The highest BCUT2D eigenvalue weighted by molar-refractivity contribution is 7.89. The molecule has 0 amide bonds. The normalized spacial score (nSPS) is 15.3. The van der Waals surface area contributed by atoms with Gasteiger partial charge in [-0.05, 0) is 23.8 Å². The zero-order valence-corrected chi connectivity index (χ0v) is 16.5. The number of sulfonamides is 1. The third kappa shape index (κ3) is 5.60. The molecule has 0 aliphatic carbocycles.